The number of pyridine rings is 1. The number of methoxy groups -OCH3 is 1. The van der Waals surface area contributed by atoms with Crippen LogP contribution in [0.4, 0.5) is 0 Å². The molecular formula is C10H14N2O3. The molecule has 5 nitrogen and oxygen atoms in total. The quantitative estimate of drug-likeness (QED) is 0.423. The van der Waals surface area contributed by atoms with E-state index in [1.165, 1.54) is 7.11 Å². The highest BCUT2D eigenvalue weighted by Gasteiger charge is 2.14. The van der Waals surface area contributed by atoms with Gasteiger partial charge in [0.1, 0.15) is 0 Å². The van der Waals surface area contributed by atoms with Crippen LogP contribution < -0.4 is 9.47 Å². The summed E-state index contributed by atoms with van der Waals surface area (Å²) in [6.45, 7) is 1.50. The average Bonchev–Trinajstić information content (AvgIpc) is 2.22. The van der Waals surface area contributed by atoms with E-state index in [0.717, 1.165) is 5.56 Å². The highest BCUT2D eigenvalue weighted by atomic mass is 16.5. The number of rotatable bonds is 4. The van der Waals surface area contributed by atoms with Gasteiger partial charge in [0.15, 0.2) is 0 Å². The summed E-state index contributed by atoms with van der Waals surface area (Å²) < 4.78 is 5.54. The van der Waals surface area contributed by atoms with Gasteiger partial charge in [-0.15, -0.1) is 4.73 Å². The fourth-order valence-electron chi connectivity index (χ4n) is 1.30. The molecule has 1 heterocycles. The van der Waals surface area contributed by atoms with E-state index in [9.17, 15) is 5.21 Å². The maximum Gasteiger partial charge on any atom is 0.379 e. The van der Waals surface area contributed by atoms with E-state index in [1.807, 2.05) is 6.92 Å². The van der Waals surface area contributed by atoms with Crippen LogP contribution in [0.25, 0.3) is 0 Å². The third-order valence-electron chi connectivity index (χ3n) is 2.00. The Labute approximate surface area is 88.0 Å². The normalized spacial score (nSPS) is 10.1. The maximum atomic E-state index is 11.6. The molecule has 5 heteroatoms. The summed E-state index contributed by atoms with van der Waals surface area (Å²) in [5, 5.41) is 27.7. The maximum absolute atomic E-state index is 11.6. The third-order valence-corrected chi connectivity index (χ3v) is 2.00. The van der Waals surface area contributed by atoms with Crippen LogP contribution in [0.15, 0.2) is 12.1 Å². The number of aryl methyl sites for hydroxylation is 1. The summed E-state index contributed by atoms with van der Waals surface area (Å²) in [7, 11) is 1.42. The predicted molar refractivity (Wildman–Crippen MR) is 55.2 cm³/mol. The Morgan fingerprint density at radius 2 is 2.27 bits per heavy atom. The zero-order valence-corrected chi connectivity index (χ0v) is 8.78. The SMILES string of the molecule is COc1cc(C)cc(CC(=N)CO)[n+]1[O-]. The van der Waals surface area contributed by atoms with Crippen molar-refractivity contribution in [3.05, 3.63) is 28.6 Å². The Morgan fingerprint density at radius 1 is 1.60 bits per heavy atom. The molecular weight excluding hydrogens is 196 g/mol. The topological polar surface area (TPSA) is 80.2 Å². The average molecular weight is 210 g/mol. The van der Waals surface area contributed by atoms with E-state index < -0.39 is 0 Å². The van der Waals surface area contributed by atoms with Crippen LogP contribution in [-0.2, 0) is 6.42 Å². The fourth-order valence-corrected chi connectivity index (χ4v) is 1.30. The summed E-state index contributed by atoms with van der Waals surface area (Å²) in [6, 6.07) is 3.30. The van der Waals surface area contributed by atoms with E-state index >= 15 is 0 Å². The molecule has 1 aromatic heterocycles. The summed E-state index contributed by atoms with van der Waals surface area (Å²) in [6.07, 6.45) is 0.137. The lowest BCUT2D eigenvalue weighted by Gasteiger charge is -2.08. The first-order valence-electron chi connectivity index (χ1n) is 4.52. The number of hydrogen-bond donors (Lipinski definition) is 2. The molecule has 15 heavy (non-hydrogen) atoms. The van der Waals surface area contributed by atoms with Crippen LogP contribution in [0, 0.1) is 17.5 Å². The van der Waals surface area contributed by atoms with E-state index in [1.54, 1.807) is 12.1 Å². The zero-order chi connectivity index (χ0) is 11.4. The molecule has 0 spiro atoms. The van der Waals surface area contributed by atoms with Crippen molar-refractivity contribution in [1.82, 2.24) is 0 Å². The minimum Gasteiger partial charge on any atom is -0.616 e. The Kier molecular flexibility index (Phi) is 3.62. The molecule has 0 aliphatic heterocycles. The van der Waals surface area contributed by atoms with Gasteiger partial charge in [-0.05, 0) is 12.5 Å². The van der Waals surface area contributed by atoms with Gasteiger partial charge in [-0.25, -0.2) is 0 Å². The van der Waals surface area contributed by atoms with E-state index in [4.69, 9.17) is 15.3 Å². The van der Waals surface area contributed by atoms with Crippen LogP contribution in [0.1, 0.15) is 11.3 Å². The Hall–Kier alpha value is -1.62. The van der Waals surface area contributed by atoms with Crippen molar-refractivity contribution in [3.8, 4) is 5.88 Å². The molecule has 0 unspecified atom stereocenters. The molecule has 0 atom stereocenters. The summed E-state index contributed by atoms with van der Waals surface area (Å²) in [5.41, 5.74) is 1.40. The molecule has 0 radical (unpaired) electrons. The van der Waals surface area contributed by atoms with Crippen molar-refractivity contribution >= 4 is 5.71 Å². The molecule has 1 aromatic rings. The van der Waals surface area contributed by atoms with Crippen molar-refractivity contribution in [1.29, 1.82) is 5.41 Å². The first kappa shape index (κ1) is 11.5. The van der Waals surface area contributed by atoms with Crippen LogP contribution in [0.5, 0.6) is 5.88 Å². The van der Waals surface area contributed by atoms with Crippen LogP contribution >= 0.6 is 0 Å². The molecule has 1 rings (SSSR count). The lowest BCUT2D eigenvalue weighted by atomic mass is 10.1. The largest absolute Gasteiger partial charge is 0.616 e. The summed E-state index contributed by atoms with van der Waals surface area (Å²) in [4.78, 5) is 0. The van der Waals surface area contributed by atoms with Crippen LogP contribution in [0.3, 0.4) is 0 Å². The fraction of sp³-hybridized carbons (Fsp3) is 0.400. The number of aromatic nitrogens is 1. The number of aliphatic hydroxyl groups excluding tert-OH is 1. The molecule has 0 saturated carbocycles. The van der Waals surface area contributed by atoms with Gasteiger partial charge in [-0.1, -0.05) is 0 Å². The number of hydrogen-bond acceptors (Lipinski definition) is 4. The van der Waals surface area contributed by atoms with E-state index in [2.05, 4.69) is 0 Å². The highest BCUT2D eigenvalue weighted by Crippen LogP contribution is 2.09. The lowest BCUT2D eigenvalue weighted by molar-refractivity contribution is -0.619. The lowest BCUT2D eigenvalue weighted by Crippen LogP contribution is -2.35. The van der Waals surface area contributed by atoms with Crippen molar-refractivity contribution in [2.24, 2.45) is 0 Å². The molecule has 0 amide bonds. The molecule has 0 bridgehead atoms. The van der Waals surface area contributed by atoms with Crippen molar-refractivity contribution in [3.63, 3.8) is 0 Å². The van der Waals surface area contributed by atoms with Gasteiger partial charge >= 0.3 is 5.88 Å². The van der Waals surface area contributed by atoms with E-state index in [0.29, 0.717) is 10.4 Å². The minimum atomic E-state index is -0.337. The van der Waals surface area contributed by atoms with Gasteiger partial charge in [0.25, 0.3) is 0 Å². The standard InChI is InChI=1S/C10H14N2O3/c1-7-3-9(5-8(11)6-13)12(14)10(4-7)15-2/h3-4,11,13H,5-6H2,1-2H3. The zero-order valence-electron chi connectivity index (χ0n) is 8.78. The molecule has 0 fully saturated rings. The molecule has 0 aliphatic rings. The second-order valence-corrected chi connectivity index (χ2v) is 3.30. The van der Waals surface area contributed by atoms with Gasteiger partial charge in [0, 0.05) is 11.8 Å². The van der Waals surface area contributed by atoms with Crippen molar-refractivity contribution in [2.75, 3.05) is 13.7 Å². The first-order valence-corrected chi connectivity index (χ1v) is 4.52. The first-order chi connectivity index (χ1) is 7.08. The monoisotopic (exact) mass is 210 g/mol. The Balaban J connectivity index is 3.06. The van der Waals surface area contributed by atoms with Gasteiger partial charge in [-0.2, -0.15) is 0 Å². The van der Waals surface area contributed by atoms with Gasteiger partial charge in [0.2, 0.25) is 5.69 Å². The van der Waals surface area contributed by atoms with Crippen molar-refractivity contribution < 1.29 is 14.6 Å². The number of nitrogens with zero attached hydrogens (tertiary/aromatic N) is 1. The van der Waals surface area contributed by atoms with Gasteiger partial charge in [-0.3, -0.25) is 0 Å². The Bertz CT molecular complexity index is 377. The van der Waals surface area contributed by atoms with E-state index in [-0.39, 0.29) is 24.6 Å². The number of aliphatic hydroxyl groups is 1. The Morgan fingerprint density at radius 3 is 2.80 bits per heavy atom. The summed E-state index contributed by atoms with van der Waals surface area (Å²) >= 11 is 0. The van der Waals surface area contributed by atoms with Gasteiger partial charge < -0.3 is 20.5 Å². The molecule has 0 aromatic carbocycles. The summed E-state index contributed by atoms with van der Waals surface area (Å²) in [5.74, 6) is 0.204. The minimum absolute atomic E-state index is 0.104. The predicted octanol–water partition coefficient (Wildman–Crippen LogP) is 0.192. The van der Waals surface area contributed by atoms with Crippen molar-refractivity contribution in [2.45, 2.75) is 13.3 Å². The molecule has 2 N–H and O–H groups in total. The molecule has 0 aliphatic carbocycles. The van der Waals surface area contributed by atoms with Gasteiger partial charge in [0.05, 0.1) is 26.2 Å². The second kappa shape index (κ2) is 4.75. The molecule has 82 valence electrons. The van der Waals surface area contributed by atoms with Crippen LogP contribution in [-0.4, -0.2) is 24.5 Å². The van der Waals surface area contributed by atoms with Crippen LogP contribution in [0.2, 0.25) is 0 Å². The third kappa shape index (κ3) is 2.66. The number of ether oxygens (including phenoxy) is 1. The second-order valence-electron chi connectivity index (χ2n) is 3.30. The number of nitrogens with one attached hydrogen (secondary N) is 1. The highest BCUT2D eigenvalue weighted by molar-refractivity contribution is 5.83. The molecule has 0 saturated heterocycles. The smallest absolute Gasteiger partial charge is 0.379 e.